The third kappa shape index (κ3) is 30.3. The molecule has 8 atom stereocenters. The van der Waals surface area contributed by atoms with E-state index in [4.69, 9.17) is 18.5 Å². The predicted octanol–water partition coefficient (Wildman–Crippen LogP) is 9.78. The lowest BCUT2D eigenvalue weighted by Crippen LogP contribution is -2.64. The van der Waals surface area contributed by atoms with E-state index < -0.39 is 75.7 Å². The van der Waals surface area contributed by atoms with Crippen LogP contribution in [0.3, 0.4) is 0 Å². The highest BCUT2D eigenvalue weighted by molar-refractivity contribution is 7.47. The number of unbranched alkanes of at least 4 members (excludes halogenated alkanes) is 22. The summed E-state index contributed by atoms with van der Waals surface area (Å²) in [5, 5.41) is 50.2. The number of esters is 2. The van der Waals surface area contributed by atoms with Gasteiger partial charge in [0.2, 0.25) is 0 Å². The molecular weight excluding hydrogens is 815 g/mol. The number of aliphatic hydroxyl groups excluding tert-OH is 5. The molecule has 1 aliphatic carbocycles. The molecule has 0 saturated heterocycles. The monoisotopic (exact) mass is 903 g/mol. The zero-order valence-electron chi connectivity index (χ0n) is 38.4. The minimum atomic E-state index is -5.12. The van der Waals surface area contributed by atoms with Gasteiger partial charge in [0.15, 0.2) is 6.10 Å². The molecule has 14 heteroatoms. The quantitative estimate of drug-likeness (QED) is 0.0147. The number of carbonyl (C=O) groups is 2. The Morgan fingerprint density at radius 3 is 1.35 bits per heavy atom. The van der Waals surface area contributed by atoms with Gasteiger partial charge in [-0.25, -0.2) is 4.57 Å². The van der Waals surface area contributed by atoms with Crippen molar-refractivity contribution in [2.24, 2.45) is 0 Å². The molecule has 0 heterocycles. The molecular formula is C48H87O13P. The highest BCUT2D eigenvalue weighted by atomic mass is 31.2. The second-order valence-corrected chi connectivity index (χ2v) is 18.4. The first kappa shape index (κ1) is 58.1. The molecule has 1 saturated carbocycles. The molecule has 0 aromatic heterocycles. The zero-order chi connectivity index (χ0) is 45.7. The van der Waals surface area contributed by atoms with Gasteiger partial charge in [-0.05, 0) is 70.6 Å². The van der Waals surface area contributed by atoms with Crippen molar-refractivity contribution in [2.45, 2.75) is 243 Å². The van der Waals surface area contributed by atoms with Gasteiger partial charge in [0.05, 0.1) is 6.61 Å². The molecule has 62 heavy (non-hydrogen) atoms. The van der Waals surface area contributed by atoms with Crippen LogP contribution in [-0.2, 0) is 32.7 Å². The number of allylic oxidation sites excluding steroid dienone is 6. The van der Waals surface area contributed by atoms with Crippen molar-refractivity contribution in [1.29, 1.82) is 0 Å². The standard InChI is InChI=1S/C48H87O13P/c1-3-5-7-9-11-13-15-17-19-20-21-22-23-25-27-29-31-33-35-37-42(50)60-40(39-59-62(56,57)61-48-46(54)44(52)43(51)45(53)47(48)55)38-58-41(49)36-34-32-30-28-26-24-18-16-14-12-10-8-6-4-2/h11,13,16-19,40,43-48,51-55H,3-10,12,14-15,20-39H2,1-2H3,(H,56,57)/b13-11-,18-16-,19-17-/t40-,43?,44-,45?,46?,47?,48?/m1/s1. The van der Waals surface area contributed by atoms with Gasteiger partial charge in [0, 0.05) is 12.8 Å². The van der Waals surface area contributed by atoms with Crippen molar-refractivity contribution in [2.75, 3.05) is 13.2 Å². The van der Waals surface area contributed by atoms with Gasteiger partial charge in [-0.3, -0.25) is 18.6 Å². The Labute approximate surface area is 374 Å². The molecule has 0 aliphatic heterocycles. The average Bonchev–Trinajstić information content (AvgIpc) is 3.25. The third-order valence-electron chi connectivity index (χ3n) is 11.2. The van der Waals surface area contributed by atoms with E-state index in [-0.39, 0.29) is 12.8 Å². The first-order valence-electron chi connectivity index (χ1n) is 24.3. The summed E-state index contributed by atoms with van der Waals surface area (Å²) in [6.45, 7) is 3.26. The molecule has 0 bridgehead atoms. The summed E-state index contributed by atoms with van der Waals surface area (Å²) in [7, 11) is -5.12. The van der Waals surface area contributed by atoms with E-state index in [1.54, 1.807) is 0 Å². The number of carbonyl (C=O) groups excluding carboxylic acids is 2. The molecule has 362 valence electrons. The smallest absolute Gasteiger partial charge is 0.462 e. The Bertz CT molecular complexity index is 1230. The molecule has 1 rings (SSSR count). The lowest BCUT2D eigenvalue weighted by atomic mass is 9.85. The summed E-state index contributed by atoms with van der Waals surface area (Å²) in [5.74, 6) is -1.11. The highest BCUT2D eigenvalue weighted by Crippen LogP contribution is 2.47. The second kappa shape index (κ2) is 38.3. The van der Waals surface area contributed by atoms with Crippen molar-refractivity contribution in [3.63, 3.8) is 0 Å². The maximum Gasteiger partial charge on any atom is 0.472 e. The summed E-state index contributed by atoms with van der Waals surface area (Å²) < 4.78 is 33.6. The predicted molar refractivity (Wildman–Crippen MR) is 244 cm³/mol. The van der Waals surface area contributed by atoms with E-state index >= 15 is 0 Å². The summed E-state index contributed by atoms with van der Waals surface area (Å²) in [6.07, 6.45) is 30.5. The summed E-state index contributed by atoms with van der Waals surface area (Å²) in [5.41, 5.74) is 0. The number of ether oxygens (including phenoxy) is 2. The maximum atomic E-state index is 12.8. The number of phosphoric acid groups is 1. The van der Waals surface area contributed by atoms with Gasteiger partial charge in [0.1, 0.15) is 43.2 Å². The highest BCUT2D eigenvalue weighted by Gasteiger charge is 2.51. The van der Waals surface area contributed by atoms with Crippen molar-refractivity contribution in [3.8, 4) is 0 Å². The lowest BCUT2D eigenvalue weighted by Gasteiger charge is -2.41. The first-order chi connectivity index (χ1) is 29.9. The van der Waals surface area contributed by atoms with Gasteiger partial charge >= 0.3 is 19.8 Å². The largest absolute Gasteiger partial charge is 0.472 e. The topological polar surface area (TPSA) is 210 Å². The molecule has 0 aromatic carbocycles. The Morgan fingerprint density at radius 2 is 0.871 bits per heavy atom. The van der Waals surface area contributed by atoms with Crippen molar-refractivity contribution < 1.29 is 63.1 Å². The molecule has 0 aromatic rings. The molecule has 1 fully saturated rings. The van der Waals surface area contributed by atoms with Gasteiger partial charge < -0.3 is 39.9 Å². The molecule has 0 spiro atoms. The van der Waals surface area contributed by atoms with Crippen LogP contribution < -0.4 is 0 Å². The number of hydrogen-bond donors (Lipinski definition) is 6. The van der Waals surface area contributed by atoms with Crippen LogP contribution in [0.15, 0.2) is 36.5 Å². The molecule has 1 aliphatic rings. The average molecular weight is 903 g/mol. The van der Waals surface area contributed by atoms with E-state index in [9.17, 15) is 44.6 Å². The summed E-state index contributed by atoms with van der Waals surface area (Å²) >= 11 is 0. The minimum Gasteiger partial charge on any atom is -0.462 e. The normalized spacial score (nSPS) is 22.1. The minimum absolute atomic E-state index is 0.0906. The van der Waals surface area contributed by atoms with Gasteiger partial charge in [-0.2, -0.15) is 0 Å². The van der Waals surface area contributed by atoms with Crippen molar-refractivity contribution >= 4 is 19.8 Å². The fourth-order valence-corrected chi connectivity index (χ4v) is 8.23. The Balaban J connectivity index is 2.43. The Kier molecular flexibility index (Phi) is 35.9. The lowest BCUT2D eigenvalue weighted by molar-refractivity contribution is -0.220. The third-order valence-corrected chi connectivity index (χ3v) is 12.2. The maximum absolute atomic E-state index is 12.8. The summed E-state index contributed by atoms with van der Waals surface area (Å²) in [4.78, 5) is 35.7. The molecule has 0 amide bonds. The van der Waals surface area contributed by atoms with Gasteiger partial charge in [0.25, 0.3) is 0 Å². The molecule has 13 nitrogen and oxygen atoms in total. The molecule has 6 unspecified atom stereocenters. The van der Waals surface area contributed by atoms with Gasteiger partial charge in [-0.1, -0.05) is 153 Å². The van der Waals surface area contributed by atoms with Gasteiger partial charge in [-0.15, -0.1) is 0 Å². The fourth-order valence-electron chi connectivity index (χ4n) is 7.25. The van der Waals surface area contributed by atoms with Crippen LogP contribution in [0.2, 0.25) is 0 Å². The first-order valence-corrected chi connectivity index (χ1v) is 25.8. The number of hydrogen-bond acceptors (Lipinski definition) is 12. The van der Waals surface area contributed by atoms with Crippen LogP contribution in [0.5, 0.6) is 0 Å². The molecule has 0 radical (unpaired) electrons. The van der Waals surface area contributed by atoms with Crippen LogP contribution in [0.4, 0.5) is 0 Å². The van der Waals surface area contributed by atoms with E-state index in [2.05, 4.69) is 50.3 Å². The van der Waals surface area contributed by atoms with E-state index in [1.165, 1.54) is 83.5 Å². The van der Waals surface area contributed by atoms with Crippen LogP contribution >= 0.6 is 7.82 Å². The van der Waals surface area contributed by atoms with Crippen LogP contribution in [0.25, 0.3) is 0 Å². The van der Waals surface area contributed by atoms with E-state index in [0.717, 1.165) is 77.0 Å². The van der Waals surface area contributed by atoms with Crippen molar-refractivity contribution in [3.05, 3.63) is 36.5 Å². The van der Waals surface area contributed by atoms with E-state index in [0.29, 0.717) is 12.8 Å². The van der Waals surface area contributed by atoms with Crippen LogP contribution in [0.1, 0.15) is 200 Å². The second-order valence-electron chi connectivity index (χ2n) is 17.0. The number of rotatable bonds is 40. The number of phosphoric ester groups is 1. The SMILES string of the molecule is CCCCC/C=C\C/C=C\CCCCCCCCCCCC(=O)O[C@H](COC(=O)CCCCCCC/C=C\CCCCCCC)COP(=O)(O)OC1C(O)C(O)C(O)[C@@H](O)C1O. The van der Waals surface area contributed by atoms with E-state index in [1.807, 2.05) is 0 Å². The number of aliphatic hydroxyl groups is 5. The molecule has 6 N–H and O–H groups in total. The van der Waals surface area contributed by atoms with Crippen LogP contribution in [-0.4, -0.2) is 98.3 Å². The fraction of sp³-hybridized carbons (Fsp3) is 0.833. The Morgan fingerprint density at radius 1 is 0.500 bits per heavy atom. The summed E-state index contributed by atoms with van der Waals surface area (Å²) in [6, 6.07) is 0. The zero-order valence-corrected chi connectivity index (χ0v) is 39.3. The Hall–Kier alpha value is -1.93. The van der Waals surface area contributed by atoms with Crippen LogP contribution in [0, 0.1) is 0 Å². The van der Waals surface area contributed by atoms with Crippen molar-refractivity contribution in [1.82, 2.24) is 0 Å².